The normalized spacial score (nSPS) is 13.7. The van der Waals surface area contributed by atoms with Gasteiger partial charge in [0, 0.05) is 34.9 Å². The van der Waals surface area contributed by atoms with E-state index in [0.29, 0.717) is 17.3 Å². The molecule has 0 bridgehead atoms. The van der Waals surface area contributed by atoms with E-state index in [1.54, 1.807) is 42.5 Å². The maximum Gasteiger partial charge on any atom is 0.262 e. The molecule has 0 aliphatic carbocycles. The first-order valence-electron chi connectivity index (χ1n) is 12.5. The highest BCUT2D eigenvalue weighted by atomic mass is 35.5. The molecule has 1 atom stereocenters. The summed E-state index contributed by atoms with van der Waals surface area (Å²) in [6, 6.07) is 16.9. The topological polar surface area (TPSA) is 81.2 Å². The number of aliphatic hydroxyl groups excluding tert-OH is 1. The van der Waals surface area contributed by atoms with Crippen LogP contribution in [0.25, 0.3) is 0 Å². The minimum absolute atomic E-state index is 0.0347. The number of carbonyl (C=O) groups excluding carboxylic acids is 3. The fourth-order valence-electron chi connectivity index (χ4n) is 4.62. The van der Waals surface area contributed by atoms with Crippen LogP contribution in [-0.2, 0) is 4.79 Å². The Morgan fingerprint density at radius 3 is 2.13 bits per heavy atom. The van der Waals surface area contributed by atoms with E-state index in [4.69, 9.17) is 11.6 Å². The number of carbonyl (C=O) groups is 3. The highest BCUT2D eigenvalue weighted by molar-refractivity contribution is 6.30. The summed E-state index contributed by atoms with van der Waals surface area (Å²) >= 11 is 6.26. The third kappa shape index (κ3) is 5.48. The molecule has 9 heteroatoms. The highest BCUT2D eigenvalue weighted by Crippen LogP contribution is 2.34. The second kappa shape index (κ2) is 11.9. The summed E-state index contributed by atoms with van der Waals surface area (Å²) in [7, 11) is 0. The SMILES string of the molecule is CCN(CC)CCN(C(=O)CN1C(=O)c2ccccc2C1=O)c1ccc(Cl)cc1C(O)c1ccccc1F. The van der Waals surface area contributed by atoms with Gasteiger partial charge in [-0.05, 0) is 49.5 Å². The minimum atomic E-state index is -1.41. The molecule has 1 heterocycles. The van der Waals surface area contributed by atoms with E-state index in [9.17, 15) is 23.9 Å². The molecule has 0 radical (unpaired) electrons. The molecule has 0 fully saturated rings. The van der Waals surface area contributed by atoms with Gasteiger partial charge < -0.3 is 14.9 Å². The van der Waals surface area contributed by atoms with Gasteiger partial charge in [0.25, 0.3) is 11.8 Å². The van der Waals surface area contributed by atoms with Crippen LogP contribution in [0.1, 0.15) is 51.8 Å². The molecule has 0 saturated heterocycles. The number of rotatable bonds is 10. The monoisotopic (exact) mass is 537 g/mol. The first-order chi connectivity index (χ1) is 18.3. The van der Waals surface area contributed by atoms with Gasteiger partial charge in [-0.2, -0.15) is 0 Å². The summed E-state index contributed by atoms with van der Waals surface area (Å²) < 4.78 is 14.6. The van der Waals surface area contributed by atoms with Gasteiger partial charge in [-0.15, -0.1) is 0 Å². The van der Waals surface area contributed by atoms with Crippen LogP contribution in [0.5, 0.6) is 0 Å². The lowest BCUT2D eigenvalue weighted by Crippen LogP contribution is -2.46. The Morgan fingerprint density at radius 1 is 0.921 bits per heavy atom. The third-order valence-corrected chi connectivity index (χ3v) is 7.02. The molecule has 3 aromatic carbocycles. The summed E-state index contributed by atoms with van der Waals surface area (Å²) in [5.41, 5.74) is 1.09. The number of aliphatic hydroxyl groups is 1. The van der Waals surface area contributed by atoms with Crippen LogP contribution in [-0.4, -0.2) is 65.4 Å². The van der Waals surface area contributed by atoms with Gasteiger partial charge >= 0.3 is 0 Å². The van der Waals surface area contributed by atoms with Crippen molar-refractivity contribution in [1.29, 1.82) is 0 Å². The third-order valence-electron chi connectivity index (χ3n) is 6.78. The Balaban J connectivity index is 1.71. The molecule has 1 aliphatic heterocycles. The van der Waals surface area contributed by atoms with Crippen molar-refractivity contribution >= 4 is 35.0 Å². The second-order valence-electron chi connectivity index (χ2n) is 8.94. The van der Waals surface area contributed by atoms with E-state index < -0.39 is 36.2 Å². The zero-order valence-electron chi connectivity index (χ0n) is 21.2. The molecule has 7 nitrogen and oxygen atoms in total. The summed E-state index contributed by atoms with van der Waals surface area (Å²) in [6.07, 6.45) is -1.41. The predicted molar refractivity (Wildman–Crippen MR) is 144 cm³/mol. The van der Waals surface area contributed by atoms with Gasteiger partial charge in [0.1, 0.15) is 18.5 Å². The van der Waals surface area contributed by atoms with Gasteiger partial charge in [0.15, 0.2) is 0 Å². The minimum Gasteiger partial charge on any atom is -0.383 e. The highest BCUT2D eigenvalue weighted by Gasteiger charge is 2.37. The summed E-state index contributed by atoms with van der Waals surface area (Å²) in [4.78, 5) is 44.1. The Kier molecular flexibility index (Phi) is 8.56. The number of fused-ring (bicyclic) bond motifs is 1. The van der Waals surface area contributed by atoms with E-state index in [1.807, 2.05) is 13.8 Å². The quantitative estimate of drug-likeness (QED) is 0.384. The van der Waals surface area contributed by atoms with Crippen molar-refractivity contribution in [3.8, 4) is 0 Å². The van der Waals surface area contributed by atoms with Crippen LogP contribution < -0.4 is 4.90 Å². The molecule has 38 heavy (non-hydrogen) atoms. The number of nitrogens with zero attached hydrogens (tertiary/aromatic N) is 3. The lowest BCUT2D eigenvalue weighted by Gasteiger charge is -2.30. The van der Waals surface area contributed by atoms with Crippen molar-refractivity contribution < 1.29 is 23.9 Å². The lowest BCUT2D eigenvalue weighted by atomic mass is 9.98. The Morgan fingerprint density at radius 2 is 1.53 bits per heavy atom. The maximum absolute atomic E-state index is 14.6. The summed E-state index contributed by atoms with van der Waals surface area (Å²) in [6.45, 7) is 5.74. The average molecular weight is 538 g/mol. The van der Waals surface area contributed by atoms with Crippen LogP contribution in [0.3, 0.4) is 0 Å². The summed E-state index contributed by atoms with van der Waals surface area (Å²) in [5.74, 6) is -2.19. The van der Waals surface area contributed by atoms with Crippen molar-refractivity contribution in [3.05, 3.63) is 99.8 Å². The number of likely N-dealkylation sites (N-methyl/N-ethyl adjacent to an activating group) is 1. The average Bonchev–Trinajstić information content (AvgIpc) is 3.16. The smallest absolute Gasteiger partial charge is 0.262 e. The van der Waals surface area contributed by atoms with E-state index in [-0.39, 0.29) is 28.8 Å². The standard InChI is InChI=1S/C29H29ClFN3O4/c1-3-32(4-2)15-16-33(26(35)18-34-28(37)20-9-5-6-10-21(20)29(34)38)25-14-13-19(30)17-23(25)27(36)22-11-7-8-12-24(22)31/h5-14,17,27,36H,3-4,15-16,18H2,1-2H3. The first kappa shape index (κ1) is 27.4. The zero-order valence-corrected chi connectivity index (χ0v) is 22.0. The number of halogens is 2. The number of amides is 3. The Hall–Kier alpha value is -3.59. The van der Waals surface area contributed by atoms with E-state index in [0.717, 1.165) is 18.0 Å². The second-order valence-corrected chi connectivity index (χ2v) is 9.38. The molecular formula is C29H29ClFN3O4. The Bertz CT molecular complexity index is 1330. The van der Waals surface area contributed by atoms with Gasteiger partial charge in [0.05, 0.1) is 11.1 Å². The molecular weight excluding hydrogens is 509 g/mol. The van der Waals surface area contributed by atoms with Gasteiger partial charge in [-0.3, -0.25) is 19.3 Å². The molecule has 3 aromatic rings. The number of anilines is 1. The van der Waals surface area contributed by atoms with Crippen molar-refractivity contribution in [2.24, 2.45) is 0 Å². The van der Waals surface area contributed by atoms with Crippen molar-refractivity contribution in [2.75, 3.05) is 37.6 Å². The fraction of sp³-hybridized carbons (Fsp3) is 0.276. The van der Waals surface area contributed by atoms with Crippen molar-refractivity contribution in [2.45, 2.75) is 20.0 Å². The number of hydrogen-bond acceptors (Lipinski definition) is 5. The molecule has 198 valence electrons. The predicted octanol–water partition coefficient (Wildman–Crippen LogP) is 4.53. The molecule has 1 N–H and O–H groups in total. The largest absolute Gasteiger partial charge is 0.383 e. The maximum atomic E-state index is 14.6. The molecule has 1 unspecified atom stereocenters. The molecule has 0 aromatic heterocycles. The van der Waals surface area contributed by atoms with Gasteiger partial charge in [0.2, 0.25) is 5.91 Å². The van der Waals surface area contributed by atoms with E-state index in [2.05, 4.69) is 4.90 Å². The zero-order chi connectivity index (χ0) is 27.4. The van der Waals surface area contributed by atoms with Gasteiger partial charge in [-0.25, -0.2) is 4.39 Å². The number of hydrogen-bond donors (Lipinski definition) is 1. The van der Waals surface area contributed by atoms with Crippen LogP contribution >= 0.6 is 11.6 Å². The van der Waals surface area contributed by atoms with Gasteiger partial charge in [-0.1, -0.05) is 55.8 Å². The lowest BCUT2D eigenvalue weighted by molar-refractivity contribution is -0.119. The van der Waals surface area contributed by atoms with Crippen LogP contribution in [0, 0.1) is 5.82 Å². The summed E-state index contributed by atoms with van der Waals surface area (Å²) in [5, 5.41) is 11.5. The van der Waals surface area contributed by atoms with Crippen molar-refractivity contribution in [1.82, 2.24) is 9.80 Å². The van der Waals surface area contributed by atoms with E-state index >= 15 is 0 Å². The van der Waals surface area contributed by atoms with Crippen LogP contribution in [0.15, 0.2) is 66.7 Å². The first-order valence-corrected chi connectivity index (χ1v) is 12.8. The van der Waals surface area contributed by atoms with E-state index in [1.165, 1.54) is 29.2 Å². The van der Waals surface area contributed by atoms with Crippen molar-refractivity contribution in [3.63, 3.8) is 0 Å². The number of benzene rings is 3. The molecule has 1 aliphatic rings. The Labute approximate surface area is 226 Å². The van der Waals surface area contributed by atoms with Crippen LogP contribution in [0.4, 0.5) is 10.1 Å². The number of imide groups is 1. The molecule has 0 saturated carbocycles. The molecule has 3 amide bonds. The van der Waals surface area contributed by atoms with Crippen LogP contribution in [0.2, 0.25) is 5.02 Å². The molecule has 0 spiro atoms. The molecule has 4 rings (SSSR count). The fourth-order valence-corrected chi connectivity index (χ4v) is 4.80.